The number of carbonyl (C=O) groups excluding carboxylic acids is 2. The summed E-state index contributed by atoms with van der Waals surface area (Å²) >= 11 is 0. The predicted octanol–water partition coefficient (Wildman–Crippen LogP) is 3.31. The Kier molecular flexibility index (Phi) is 5.66. The largest absolute Gasteiger partial charge is 0.325 e. The van der Waals surface area contributed by atoms with Gasteiger partial charge in [-0.25, -0.2) is 0 Å². The molecule has 0 saturated carbocycles. The van der Waals surface area contributed by atoms with Gasteiger partial charge in [-0.15, -0.1) is 0 Å². The molecular formula is C19H22N2O2. The first kappa shape index (κ1) is 16.9. The van der Waals surface area contributed by atoms with Gasteiger partial charge in [-0.3, -0.25) is 9.59 Å². The minimum Gasteiger partial charge on any atom is -0.325 e. The van der Waals surface area contributed by atoms with Gasteiger partial charge in [-0.2, -0.15) is 0 Å². The number of nitrogens with one attached hydrogen (secondary N) is 2. The molecule has 4 heteroatoms. The molecule has 4 nitrogen and oxygen atoms in total. The average molecular weight is 310 g/mol. The summed E-state index contributed by atoms with van der Waals surface area (Å²) in [5.74, 6) is -0.0938. The lowest BCUT2D eigenvalue weighted by atomic mass is 10.1. The fourth-order valence-electron chi connectivity index (χ4n) is 2.11. The Hall–Kier alpha value is -2.46. The molecule has 0 saturated heterocycles. The van der Waals surface area contributed by atoms with Gasteiger partial charge in [0.1, 0.15) is 0 Å². The van der Waals surface area contributed by atoms with Crippen LogP contribution in [0.1, 0.15) is 35.3 Å². The second kappa shape index (κ2) is 7.70. The Labute approximate surface area is 136 Å². The highest BCUT2D eigenvalue weighted by atomic mass is 16.2. The molecule has 0 spiro atoms. The first-order chi connectivity index (χ1) is 11.0. The Bertz CT molecular complexity index is 676. The van der Waals surface area contributed by atoms with Crippen LogP contribution in [-0.4, -0.2) is 17.7 Å². The summed E-state index contributed by atoms with van der Waals surface area (Å²) in [6, 6.07) is 14.8. The van der Waals surface area contributed by atoms with E-state index < -0.39 is 0 Å². The van der Waals surface area contributed by atoms with Gasteiger partial charge in [-0.1, -0.05) is 29.8 Å². The number of hydrogen-bond acceptors (Lipinski definition) is 3. The molecule has 0 aliphatic rings. The van der Waals surface area contributed by atoms with Crippen LogP contribution in [0.15, 0.2) is 48.5 Å². The molecule has 0 heterocycles. The molecule has 0 aliphatic heterocycles. The third-order valence-corrected chi connectivity index (χ3v) is 3.69. The fraction of sp³-hybridized carbons (Fsp3) is 0.263. The molecule has 2 aromatic carbocycles. The Balaban J connectivity index is 1.86. The average Bonchev–Trinajstić information content (AvgIpc) is 2.54. The lowest BCUT2D eigenvalue weighted by Crippen LogP contribution is -2.37. The van der Waals surface area contributed by atoms with Gasteiger partial charge in [0.15, 0.2) is 5.78 Å². The van der Waals surface area contributed by atoms with Crippen LogP contribution >= 0.6 is 0 Å². The van der Waals surface area contributed by atoms with Crippen molar-refractivity contribution in [2.75, 3.05) is 5.32 Å². The van der Waals surface area contributed by atoms with Crippen LogP contribution in [0.2, 0.25) is 0 Å². The highest BCUT2D eigenvalue weighted by molar-refractivity contribution is 5.96. The number of ketones is 1. The van der Waals surface area contributed by atoms with E-state index in [9.17, 15) is 9.59 Å². The second-order valence-corrected chi connectivity index (χ2v) is 5.71. The smallest absolute Gasteiger partial charge is 0.241 e. The SMILES string of the molecule is CC(=O)c1ccc(NC(=O)C(C)NCc2ccc(C)cc2)cc1. The van der Waals surface area contributed by atoms with Crippen molar-refractivity contribution in [3.05, 3.63) is 65.2 Å². The summed E-state index contributed by atoms with van der Waals surface area (Å²) in [6.07, 6.45) is 0. The molecule has 1 atom stereocenters. The van der Waals surface area contributed by atoms with Crippen molar-refractivity contribution >= 4 is 17.4 Å². The molecule has 1 unspecified atom stereocenters. The Morgan fingerprint density at radius 1 is 1.00 bits per heavy atom. The van der Waals surface area contributed by atoms with Crippen molar-refractivity contribution in [3.8, 4) is 0 Å². The topological polar surface area (TPSA) is 58.2 Å². The lowest BCUT2D eigenvalue weighted by molar-refractivity contribution is -0.117. The van der Waals surface area contributed by atoms with Gasteiger partial charge in [-0.05, 0) is 50.6 Å². The number of rotatable bonds is 6. The van der Waals surface area contributed by atoms with Crippen LogP contribution in [0.4, 0.5) is 5.69 Å². The van der Waals surface area contributed by atoms with Crippen molar-refractivity contribution in [2.45, 2.75) is 33.4 Å². The maximum Gasteiger partial charge on any atom is 0.241 e. The van der Waals surface area contributed by atoms with E-state index in [2.05, 4.69) is 22.8 Å². The Morgan fingerprint density at radius 2 is 1.61 bits per heavy atom. The van der Waals surface area contributed by atoms with Crippen LogP contribution in [0, 0.1) is 6.92 Å². The monoisotopic (exact) mass is 310 g/mol. The molecule has 23 heavy (non-hydrogen) atoms. The molecule has 0 fully saturated rings. The summed E-state index contributed by atoms with van der Waals surface area (Å²) in [6.45, 7) is 6.03. The minimum atomic E-state index is -0.316. The van der Waals surface area contributed by atoms with Crippen LogP contribution in [-0.2, 0) is 11.3 Å². The molecule has 0 bridgehead atoms. The van der Waals surface area contributed by atoms with Crippen LogP contribution in [0.25, 0.3) is 0 Å². The van der Waals surface area contributed by atoms with Crippen molar-refractivity contribution in [1.82, 2.24) is 5.32 Å². The normalized spacial score (nSPS) is 11.8. The van der Waals surface area contributed by atoms with E-state index in [-0.39, 0.29) is 17.7 Å². The van der Waals surface area contributed by atoms with E-state index >= 15 is 0 Å². The minimum absolute atomic E-state index is 0.0102. The van der Waals surface area contributed by atoms with Crippen molar-refractivity contribution in [2.24, 2.45) is 0 Å². The standard InChI is InChI=1S/C19H22N2O2/c1-13-4-6-16(7-5-13)12-20-14(2)19(23)21-18-10-8-17(9-11-18)15(3)22/h4-11,14,20H,12H2,1-3H3,(H,21,23). The summed E-state index contributed by atoms with van der Waals surface area (Å²) in [7, 11) is 0. The first-order valence-electron chi connectivity index (χ1n) is 7.66. The molecule has 0 radical (unpaired) electrons. The molecule has 0 aliphatic carbocycles. The number of hydrogen-bond donors (Lipinski definition) is 2. The summed E-state index contributed by atoms with van der Waals surface area (Å²) in [5, 5.41) is 6.04. The van der Waals surface area contributed by atoms with Gasteiger partial charge in [0.2, 0.25) is 5.91 Å². The maximum atomic E-state index is 12.2. The predicted molar refractivity (Wildman–Crippen MR) is 92.6 cm³/mol. The van der Waals surface area contributed by atoms with Gasteiger partial charge in [0, 0.05) is 17.8 Å². The van der Waals surface area contributed by atoms with E-state index in [1.165, 1.54) is 12.5 Å². The van der Waals surface area contributed by atoms with Crippen LogP contribution in [0.3, 0.4) is 0 Å². The molecule has 2 N–H and O–H groups in total. The highest BCUT2D eigenvalue weighted by Crippen LogP contribution is 2.10. The molecular weight excluding hydrogens is 288 g/mol. The van der Waals surface area contributed by atoms with Crippen molar-refractivity contribution < 1.29 is 9.59 Å². The number of anilines is 1. The van der Waals surface area contributed by atoms with Crippen molar-refractivity contribution in [1.29, 1.82) is 0 Å². The fourth-order valence-corrected chi connectivity index (χ4v) is 2.11. The lowest BCUT2D eigenvalue weighted by Gasteiger charge is -2.14. The zero-order valence-electron chi connectivity index (χ0n) is 13.7. The molecule has 2 rings (SSSR count). The van der Waals surface area contributed by atoms with E-state index in [1.54, 1.807) is 24.3 Å². The van der Waals surface area contributed by atoms with Crippen LogP contribution in [0.5, 0.6) is 0 Å². The summed E-state index contributed by atoms with van der Waals surface area (Å²) in [5.41, 5.74) is 3.67. The van der Waals surface area contributed by atoms with Gasteiger partial charge >= 0.3 is 0 Å². The van der Waals surface area contributed by atoms with Crippen molar-refractivity contribution in [3.63, 3.8) is 0 Å². The molecule has 120 valence electrons. The molecule has 0 aromatic heterocycles. The van der Waals surface area contributed by atoms with E-state index in [0.717, 1.165) is 5.56 Å². The highest BCUT2D eigenvalue weighted by Gasteiger charge is 2.12. The maximum absolute atomic E-state index is 12.2. The number of amides is 1. The molecule has 2 aromatic rings. The van der Waals surface area contributed by atoms with E-state index in [1.807, 2.05) is 26.0 Å². The zero-order valence-corrected chi connectivity index (χ0v) is 13.7. The van der Waals surface area contributed by atoms with Gasteiger partial charge in [0.25, 0.3) is 0 Å². The zero-order chi connectivity index (χ0) is 16.8. The number of carbonyl (C=O) groups is 2. The summed E-state index contributed by atoms with van der Waals surface area (Å²) in [4.78, 5) is 23.4. The van der Waals surface area contributed by atoms with E-state index in [4.69, 9.17) is 0 Å². The second-order valence-electron chi connectivity index (χ2n) is 5.71. The molecule has 1 amide bonds. The third kappa shape index (κ3) is 5.04. The Morgan fingerprint density at radius 3 is 2.17 bits per heavy atom. The summed E-state index contributed by atoms with van der Waals surface area (Å²) < 4.78 is 0. The third-order valence-electron chi connectivity index (χ3n) is 3.69. The number of benzene rings is 2. The number of aryl methyl sites for hydroxylation is 1. The number of Topliss-reactive ketones (excluding diaryl/α,β-unsaturated/α-hetero) is 1. The van der Waals surface area contributed by atoms with Gasteiger partial charge in [0.05, 0.1) is 6.04 Å². The quantitative estimate of drug-likeness (QED) is 0.805. The van der Waals surface area contributed by atoms with E-state index in [0.29, 0.717) is 17.8 Å². The first-order valence-corrected chi connectivity index (χ1v) is 7.66. The van der Waals surface area contributed by atoms with Gasteiger partial charge < -0.3 is 10.6 Å². The van der Waals surface area contributed by atoms with Crippen LogP contribution < -0.4 is 10.6 Å².